The molecule has 0 saturated carbocycles. The van der Waals surface area contributed by atoms with Crippen LogP contribution in [0.2, 0.25) is 0 Å². The van der Waals surface area contributed by atoms with Crippen LogP contribution in [-0.4, -0.2) is 47.8 Å². The molecule has 0 amide bonds. The van der Waals surface area contributed by atoms with Gasteiger partial charge in [-0.25, -0.2) is 0 Å². The van der Waals surface area contributed by atoms with Gasteiger partial charge in [-0.3, -0.25) is 0 Å². The van der Waals surface area contributed by atoms with Crippen LogP contribution in [0, 0.1) is 0 Å². The zero-order chi connectivity index (χ0) is 8.49. The van der Waals surface area contributed by atoms with E-state index in [4.69, 9.17) is 0 Å². The average Bonchev–Trinajstić information content (AvgIpc) is 2.24. The van der Waals surface area contributed by atoms with Gasteiger partial charge in [-0.05, 0) is 24.3 Å². The van der Waals surface area contributed by atoms with E-state index in [0.29, 0.717) is 0 Å². The van der Waals surface area contributed by atoms with E-state index in [-0.39, 0.29) is 144 Å². The molecular weight excluding hydrogens is 889 g/mol. The van der Waals surface area contributed by atoms with Crippen LogP contribution in [0.15, 0.2) is 71.5 Å². The molecule has 0 atom stereocenters. The van der Waals surface area contributed by atoms with Crippen LogP contribution in [-0.2, 0) is 0 Å². The zero-order valence-electron chi connectivity index (χ0n) is 9.13. The molecule has 92 valence electrons. The molecule has 0 spiro atoms. The topological polar surface area (TPSA) is 0 Å². The molecule has 4 radical (unpaired) electrons. The molecule has 0 aromatic heterocycles. The second kappa shape index (κ2) is 31.8. The van der Waals surface area contributed by atoms with Crippen molar-refractivity contribution >= 4 is 47.8 Å². The maximum atomic E-state index is 2.77. The number of hydrogen-bond donors (Lipinski definition) is 0. The summed E-state index contributed by atoms with van der Waals surface area (Å²) in [5.41, 5.74) is 11.1. The van der Waals surface area contributed by atoms with Crippen molar-refractivity contribution in [1.82, 2.24) is 0 Å². The van der Waals surface area contributed by atoms with Gasteiger partial charge in [0.2, 0.25) is 0 Å². The van der Waals surface area contributed by atoms with Gasteiger partial charge in [0.1, 0.15) is 0 Å². The Morgan fingerprint density at radius 2 is 0.556 bits per heavy atom. The van der Waals surface area contributed by atoms with E-state index in [2.05, 4.69) is 22.9 Å². The summed E-state index contributed by atoms with van der Waals surface area (Å²) in [6, 6.07) is 0. The Morgan fingerprint density at radius 3 is 0.611 bits per heavy atom. The largest absolute Gasteiger partial charge is 2.00 e. The molecule has 0 N–H and O–H groups in total. The molecule has 0 saturated heterocycles. The minimum absolute atomic E-state index is 0. The Balaban J connectivity index is -0.0000000300. The summed E-state index contributed by atoms with van der Waals surface area (Å²) < 4.78 is 0. The van der Waals surface area contributed by atoms with Crippen molar-refractivity contribution in [3.05, 3.63) is 71.5 Å². The van der Waals surface area contributed by atoms with Crippen molar-refractivity contribution in [3.63, 3.8) is 0 Å². The summed E-state index contributed by atoms with van der Waals surface area (Å²) in [5.74, 6) is 0. The van der Waals surface area contributed by atoms with E-state index in [1.54, 1.807) is 0 Å². The third-order valence-electron chi connectivity index (χ3n) is 1.11. The van der Waals surface area contributed by atoms with Gasteiger partial charge in [0.05, 0.1) is 0 Å². The molecule has 0 aliphatic heterocycles. The van der Waals surface area contributed by atoms with E-state index in [0.717, 1.165) is 0 Å². The molecule has 0 aromatic carbocycles. The van der Waals surface area contributed by atoms with E-state index < -0.39 is 0 Å². The van der Waals surface area contributed by atoms with Crippen LogP contribution in [0.1, 0.15) is 0 Å². The molecule has 0 heterocycles. The smallest absolute Gasteiger partial charge is 1.00 e. The van der Waals surface area contributed by atoms with Gasteiger partial charge in [-0.15, -0.1) is 0 Å². The Morgan fingerprint density at radius 1 is 0.389 bits per heavy atom. The van der Waals surface area contributed by atoms with E-state index in [1.165, 1.54) is 0 Å². The van der Waals surface area contributed by atoms with Crippen LogP contribution in [0.25, 0.3) is 0 Å². The van der Waals surface area contributed by atoms with Crippen molar-refractivity contribution in [1.29, 1.82) is 0 Å². The number of hydrogen-bond acceptors (Lipinski definition) is 0. The zero-order valence-corrected chi connectivity index (χ0v) is 23.5. The van der Waals surface area contributed by atoms with Gasteiger partial charge in [-0.1, -0.05) is 47.2 Å². The predicted octanol–water partition coefficient (Wildman–Crippen LogP) is -9.90. The van der Waals surface area contributed by atoms with Crippen LogP contribution in [0.3, 0.4) is 0 Å². The van der Waals surface area contributed by atoms with Crippen molar-refractivity contribution in [3.8, 4) is 0 Å². The average molecular weight is 897 g/mol. The van der Waals surface area contributed by atoms with Gasteiger partial charge in [-0.2, -0.15) is 0 Å². The summed E-state index contributed by atoms with van der Waals surface area (Å²) in [6.45, 7) is 0. The number of halogens is 4. The molecule has 18 heavy (non-hydrogen) atoms. The molecule has 0 aromatic rings. The van der Waals surface area contributed by atoms with Gasteiger partial charge in [0.25, 0.3) is 0 Å². The molecule has 2 aliphatic carbocycles. The Labute approximate surface area is 211 Å². The van der Waals surface area contributed by atoms with Gasteiger partial charge >= 0.3 is 47.8 Å². The molecule has 6 heteroatoms. The summed E-state index contributed by atoms with van der Waals surface area (Å²) in [6.07, 6.45) is 14.9. The first-order chi connectivity index (χ1) is 6.00. The number of allylic oxidation sites excluding steroid dienone is 8. The van der Waals surface area contributed by atoms with Crippen LogP contribution in [0.4, 0.5) is 0 Å². The molecule has 2 aliphatic rings. The first-order valence-electron chi connectivity index (χ1n) is 3.65. The maximum absolute atomic E-state index is 2.77. The van der Waals surface area contributed by atoms with Crippen molar-refractivity contribution < 1.29 is 95.9 Å². The second-order valence-electron chi connectivity index (χ2n) is 2.01. The minimum atomic E-state index is 0. The normalized spacial score (nSPS) is 8.89. The molecule has 0 nitrogen and oxygen atoms in total. The molecule has 2 rings (SSSR count). The third kappa shape index (κ3) is 27.0. The minimum Gasteiger partial charge on any atom is -1.00 e. The third-order valence-corrected chi connectivity index (χ3v) is 1.11. The first-order valence-corrected chi connectivity index (χ1v) is 3.65. The fourth-order valence-electron chi connectivity index (χ4n) is 0.607. The predicted molar refractivity (Wildman–Crippen MR) is 62.1 cm³/mol. The first kappa shape index (κ1) is 37.1. The van der Waals surface area contributed by atoms with E-state index >= 15 is 0 Å². The monoisotopic (exact) mass is 899 g/mol. The van der Waals surface area contributed by atoms with E-state index in [1.807, 2.05) is 48.6 Å². The molecule has 0 fully saturated rings. The van der Waals surface area contributed by atoms with E-state index in [9.17, 15) is 0 Å². The van der Waals surface area contributed by atoms with Crippen LogP contribution < -0.4 is 95.9 Å². The SMILES string of the molecule is C1=C=CC=CC=1.C1=C=CC=CC=1.[I-].[I-].[I-].[I-].[Sn+2].[Sn+2]. The van der Waals surface area contributed by atoms with Gasteiger partial charge < -0.3 is 95.9 Å². The second-order valence-corrected chi connectivity index (χ2v) is 2.01. The fourth-order valence-corrected chi connectivity index (χ4v) is 0.607. The van der Waals surface area contributed by atoms with Crippen LogP contribution in [0.5, 0.6) is 0 Å². The van der Waals surface area contributed by atoms with Crippen molar-refractivity contribution in [2.24, 2.45) is 0 Å². The molecule has 0 bridgehead atoms. The van der Waals surface area contributed by atoms with Gasteiger partial charge in [0.15, 0.2) is 0 Å². The van der Waals surface area contributed by atoms with Crippen LogP contribution >= 0.6 is 0 Å². The summed E-state index contributed by atoms with van der Waals surface area (Å²) in [7, 11) is 0. The Bertz CT molecular complexity index is 324. The Hall–Kier alpha value is 2.60. The van der Waals surface area contributed by atoms with Crippen molar-refractivity contribution in [2.75, 3.05) is 0 Å². The summed E-state index contributed by atoms with van der Waals surface area (Å²) in [5, 5.41) is 0. The molecule has 0 unspecified atom stereocenters. The summed E-state index contributed by atoms with van der Waals surface area (Å²) in [4.78, 5) is 0. The number of rotatable bonds is 0. The van der Waals surface area contributed by atoms with Crippen molar-refractivity contribution in [2.45, 2.75) is 0 Å². The van der Waals surface area contributed by atoms with Gasteiger partial charge in [0, 0.05) is 0 Å². The fraction of sp³-hybridized carbons (Fsp3) is 0. The summed E-state index contributed by atoms with van der Waals surface area (Å²) >= 11 is 0. The maximum Gasteiger partial charge on any atom is 2.00 e. The Kier molecular flexibility index (Phi) is 65.6. The standard InChI is InChI=1S/2C6H4.4HI.2Sn/c2*1-2-4-6-5-3-1;;;;;;/h2*1-4H;4*1H;;/q;;;;;;2*+2/p-4. The molecular formula is C12H8I4Sn2. The quantitative estimate of drug-likeness (QED) is 0.129.